The summed E-state index contributed by atoms with van der Waals surface area (Å²) in [6.45, 7) is -2.43. The third-order valence-electron chi connectivity index (χ3n) is 3.80. The average molecular weight is 413 g/mol. The van der Waals surface area contributed by atoms with Gasteiger partial charge >= 0.3 is 18.5 Å². The topological polar surface area (TPSA) is 148 Å². The molecule has 0 radical (unpaired) electrons. The number of alkyl halides is 3. The van der Waals surface area contributed by atoms with Gasteiger partial charge in [0, 0.05) is 6.20 Å². The van der Waals surface area contributed by atoms with Crippen molar-refractivity contribution >= 4 is 18.1 Å². The number of halogens is 3. The number of carbonyl (C=O) groups excluding carboxylic acids is 2. The molecule has 12 nitrogen and oxygen atoms in total. The molecule has 0 aromatic carbocycles. The van der Waals surface area contributed by atoms with Gasteiger partial charge in [0.05, 0.1) is 0 Å². The van der Waals surface area contributed by atoms with Gasteiger partial charge in [-0.3, -0.25) is 10.7 Å². The fourth-order valence-corrected chi connectivity index (χ4v) is 2.68. The molecule has 2 saturated heterocycles. The SMILES string of the molecule is O=C(OCC1O[C@@H](N2C=CC(NO)=NC2O)[C@@H]2OC(=O)O[C@H]12)OCC(F)(F)F. The van der Waals surface area contributed by atoms with Gasteiger partial charge in [-0.2, -0.15) is 13.2 Å². The summed E-state index contributed by atoms with van der Waals surface area (Å²) in [5.74, 6) is -0.0507. The normalized spacial score (nSPS) is 31.6. The predicted molar refractivity (Wildman–Crippen MR) is 76.5 cm³/mol. The molecule has 2 unspecified atom stereocenters. The first-order chi connectivity index (χ1) is 13.2. The van der Waals surface area contributed by atoms with Crippen LogP contribution in [-0.4, -0.2) is 83.6 Å². The Morgan fingerprint density at radius 1 is 1.32 bits per heavy atom. The summed E-state index contributed by atoms with van der Waals surface area (Å²) in [5, 5.41) is 18.8. The Labute approximate surface area is 154 Å². The first kappa shape index (κ1) is 20.0. The van der Waals surface area contributed by atoms with Gasteiger partial charge < -0.3 is 33.7 Å². The van der Waals surface area contributed by atoms with Gasteiger partial charge in [-0.15, -0.1) is 0 Å². The molecule has 0 spiro atoms. The van der Waals surface area contributed by atoms with Gasteiger partial charge in [-0.25, -0.2) is 14.6 Å². The lowest BCUT2D eigenvalue weighted by atomic mass is 10.1. The smallest absolute Gasteiger partial charge is 0.431 e. The van der Waals surface area contributed by atoms with Crippen LogP contribution in [0.15, 0.2) is 17.3 Å². The maximum Gasteiger partial charge on any atom is 0.509 e. The fourth-order valence-electron chi connectivity index (χ4n) is 2.68. The molecular weight excluding hydrogens is 399 g/mol. The van der Waals surface area contributed by atoms with Gasteiger partial charge in [-0.05, 0) is 6.08 Å². The summed E-state index contributed by atoms with van der Waals surface area (Å²) >= 11 is 0. The first-order valence-corrected chi connectivity index (χ1v) is 7.68. The highest BCUT2D eigenvalue weighted by Crippen LogP contribution is 2.35. The lowest BCUT2D eigenvalue weighted by Crippen LogP contribution is -2.47. The van der Waals surface area contributed by atoms with E-state index in [0.717, 1.165) is 4.90 Å². The zero-order chi connectivity index (χ0) is 20.5. The number of aliphatic imine (C=N–C) groups is 1. The van der Waals surface area contributed by atoms with Crippen LogP contribution in [0.2, 0.25) is 0 Å². The molecule has 0 bridgehead atoms. The Kier molecular flexibility index (Phi) is 5.48. The van der Waals surface area contributed by atoms with E-state index in [1.54, 1.807) is 5.48 Å². The van der Waals surface area contributed by atoms with Crippen molar-refractivity contribution in [2.24, 2.45) is 4.99 Å². The molecule has 3 rings (SSSR count). The van der Waals surface area contributed by atoms with E-state index in [1.165, 1.54) is 12.3 Å². The Balaban J connectivity index is 1.61. The van der Waals surface area contributed by atoms with Gasteiger partial charge in [0.15, 0.2) is 30.9 Å². The first-order valence-electron chi connectivity index (χ1n) is 7.68. The minimum absolute atomic E-state index is 0.0507. The van der Waals surface area contributed by atoms with E-state index in [2.05, 4.69) is 14.5 Å². The summed E-state index contributed by atoms with van der Waals surface area (Å²) in [7, 11) is 0. The third kappa shape index (κ3) is 4.37. The number of aliphatic hydroxyl groups is 1. The van der Waals surface area contributed by atoms with Crippen LogP contribution in [0.3, 0.4) is 0 Å². The monoisotopic (exact) mass is 413 g/mol. The third-order valence-corrected chi connectivity index (χ3v) is 3.80. The molecule has 0 saturated carbocycles. The number of fused-ring (bicyclic) bond motifs is 1. The van der Waals surface area contributed by atoms with E-state index >= 15 is 0 Å². The predicted octanol–water partition coefficient (Wildman–Crippen LogP) is -0.187. The van der Waals surface area contributed by atoms with Crippen molar-refractivity contribution in [2.45, 2.75) is 37.1 Å². The van der Waals surface area contributed by atoms with Crippen LogP contribution in [0, 0.1) is 0 Å². The van der Waals surface area contributed by atoms with Crippen LogP contribution in [-0.2, 0) is 23.7 Å². The van der Waals surface area contributed by atoms with Crippen LogP contribution in [0.25, 0.3) is 0 Å². The second kappa shape index (κ2) is 7.69. The standard InChI is InChI=1S/C13H14F3N3O9/c14-13(15,16)4-25-11(21)24-3-5-7-8(28-12(22)27-7)9(26-5)19-2-1-6(18-23)17-10(19)20/h1-2,5,7-10,20,23H,3-4H2,(H,17,18)/t5?,7-,8-,9-,10?/m1/s1. The fraction of sp³-hybridized carbons (Fsp3) is 0.615. The molecule has 0 aromatic heterocycles. The van der Waals surface area contributed by atoms with Crippen LogP contribution in [0.5, 0.6) is 0 Å². The number of hydroxylamine groups is 1. The van der Waals surface area contributed by atoms with E-state index in [9.17, 15) is 27.9 Å². The highest BCUT2D eigenvalue weighted by molar-refractivity contribution is 5.92. The van der Waals surface area contributed by atoms with Crippen LogP contribution >= 0.6 is 0 Å². The number of nitrogens with zero attached hydrogens (tertiary/aromatic N) is 2. The summed E-state index contributed by atoms with van der Waals surface area (Å²) in [5.41, 5.74) is 1.74. The van der Waals surface area contributed by atoms with E-state index in [4.69, 9.17) is 19.4 Å². The molecule has 5 atom stereocenters. The molecule has 15 heteroatoms. The van der Waals surface area contributed by atoms with Crippen LogP contribution < -0.4 is 5.48 Å². The van der Waals surface area contributed by atoms with Gasteiger partial charge in [0.2, 0.25) is 6.35 Å². The van der Waals surface area contributed by atoms with E-state index < -0.39 is 62.6 Å². The zero-order valence-corrected chi connectivity index (χ0v) is 13.7. The molecule has 156 valence electrons. The van der Waals surface area contributed by atoms with Crippen molar-refractivity contribution in [1.82, 2.24) is 10.4 Å². The van der Waals surface area contributed by atoms with Crippen molar-refractivity contribution in [2.75, 3.05) is 13.2 Å². The molecule has 0 aliphatic carbocycles. The van der Waals surface area contributed by atoms with Crippen molar-refractivity contribution in [3.8, 4) is 0 Å². The Morgan fingerprint density at radius 2 is 2.04 bits per heavy atom. The Hall–Kier alpha value is -2.78. The minimum Gasteiger partial charge on any atom is -0.431 e. The quantitative estimate of drug-likeness (QED) is 0.416. The summed E-state index contributed by atoms with van der Waals surface area (Å²) < 4.78 is 60.0. The molecule has 2 fully saturated rings. The van der Waals surface area contributed by atoms with E-state index in [0.29, 0.717) is 0 Å². The molecule has 0 aromatic rings. The summed E-state index contributed by atoms with van der Waals surface area (Å²) in [4.78, 5) is 27.5. The van der Waals surface area contributed by atoms with E-state index in [1.807, 2.05) is 0 Å². The summed E-state index contributed by atoms with van der Waals surface area (Å²) in [6.07, 6.45) is -10.6. The average Bonchev–Trinajstić information content (AvgIpc) is 3.15. The number of hydrogen-bond acceptors (Lipinski definition) is 12. The van der Waals surface area contributed by atoms with Gasteiger partial charge in [0.25, 0.3) is 0 Å². The van der Waals surface area contributed by atoms with Crippen molar-refractivity contribution in [1.29, 1.82) is 0 Å². The number of nitrogens with one attached hydrogen (secondary N) is 1. The molecule has 3 aliphatic heterocycles. The number of rotatable bonds is 4. The molecular formula is C13H14F3N3O9. The largest absolute Gasteiger partial charge is 0.509 e. The number of aliphatic hydroxyl groups excluding tert-OH is 1. The second-order valence-electron chi connectivity index (χ2n) is 5.68. The summed E-state index contributed by atoms with van der Waals surface area (Å²) in [6, 6.07) is 0. The number of ether oxygens (including phenoxy) is 5. The molecule has 28 heavy (non-hydrogen) atoms. The molecule has 3 aliphatic rings. The van der Waals surface area contributed by atoms with Gasteiger partial charge in [-0.1, -0.05) is 0 Å². The second-order valence-corrected chi connectivity index (χ2v) is 5.68. The van der Waals surface area contributed by atoms with Crippen LogP contribution in [0.4, 0.5) is 22.8 Å². The maximum absolute atomic E-state index is 12.0. The van der Waals surface area contributed by atoms with Crippen LogP contribution in [0.1, 0.15) is 0 Å². The molecule has 0 amide bonds. The lowest BCUT2D eigenvalue weighted by Gasteiger charge is -2.33. The Bertz CT molecular complexity index is 686. The molecule has 3 heterocycles. The Morgan fingerprint density at radius 3 is 2.68 bits per heavy atom. The molecule has 3 N–H and O–H groups in total. The lowest BCUT2D eigenvalue weighted by molar-refractivity contribution is -0.168. The highest BCUT2D eigenvalue weighted by atomic mass is 19.4. The minimum atomic E-state index is -4.71. The number of hydrogen-bond donors (Lipinski definition) is 3. The zero-order valence-electron chi connectivity index (χ0n) is 13.7. The van der Waals surface area contributed by atoms with Gasteiger partial charge in [0.1, 0.15) is 12.7 Å². The van der Waals surface area contributed by atoms with E-state index in [-0.39, 0.29) is 5.84 Å². The number of carbonyl (C=O) groups is 2. The van der Waals surface area contributed by atoms with Crippen molar-refractivity contribution in [3.63, 3.8) is 0 Å². The maximum atomic E-state index is 12.0. The van der Waals surface area contributed by atoms with Crippen molar-refractivity contribution in [3.05, 3.63) is 12.3 Å². The number of amidine groups is 1. The van der Waals surface area contributed by atoms with Crippen molar-refractivity contribution < 1.29 is 56.8 Å². The highest BCUT2D eigenvalue weighted by Gasteiger charge is 2.57.